The first-order valence-electron chi connectivity index (χ1n) is 5.39. The topological polar surface area (TPSA) is 20.2 Å². The molecule has 0 saturated heterocycles. The van der Waals surface area contributed by atoms with E-state index in [1.807, 2.05) is 5.38 Å². The standard InChI is InChI=1S/C13H10BrF3OS/c1-7-4-8(13(15,16)17)2-3-10(7)12(18)11-5-9(14)6-19-11/h2-6,12,18H,1H3. The van der Waals surface area contributed by atoms with Gasteiger partial charge in [0.1, 0.15) is 6.10 Å². The van der Waals surface area contributed by atoms with Crippen molar-refractivity contribution in [1.82, 2.24) is 0 Å². The normalized spacial score (nSPS) is 13.6. The Morgan fingerprint density at radius 3 is 2.42 bits per heavy atom. The Bertz CT molecular complexity index is 592. The van der Waals surface area contributed by atoms with E-state index >= 15 is 0 Å². The number of hydrogen-bond acceptors (Lipinski definition) is 2. The number of benzene rings is 1. The molecule has 0 bridgehead atoms. The minimum atomic E-state index is -4.36. The van der Waals surface area contributed by atoms with Crippen LogP contribution in [0.25, 0.3) is 0 Å². The summed E-state index contributed by atoms with van der Waals surface area (Å²) in [6, 6.07) is 5.14. The average Bonchev–Trinajstić information content (AvgIpc) is 2.73. The Morgan fingerprint density at radius 2 is 1.95 bits per heavy atom. The molecule has 1 nitrogen and oxygen atoms in total. The molecule has 19 heavy (non-hydrogen) atoms. The Balaban J connectivity index is 2.36. The van der Waals surface area contributed by atoms with Gasteiger partial charge in [0.05, 0.1) is 5.56 Å². The minimum Gasteiger partial charge on any atom is -0.383 e. The van der Waals surface area contributed by atoms with Crippen LogP contribution in [0.3, 0.4) is 0 Å². The van der Waals surface area contributed by atoms with E-state index in [1.165, 1.54) is 17.4 Å². The maximum Gasteiger partial charge on any atom is 0.416 e. The summed E-state index contributed by atoms with van der Waals surface area (Å²) in [6.45, 7) is 1.57. The molecule has 0 amide bonds. The Labute approximate surface area is 120 Å². The number of halogens is 4. The lowest BCUT2D eigenvalue weighted by molar-refractivity contribution is -0.137. The molecule has 0 radical (unpaired) electrons. The number of hydrogen-bond donors (Lipinski definition) is 1. The lowest BCUT2D eigenvalue weighted by atomic mass is 9.99. The van der Waals surface area contributed by atoms with Crippen LogP contribution in [0.15, 0.2) is 34.1 Å². The highest BCUT2D eigenvalue weighted by Crippen LogP contribution is 2.35. The van der Waals surface area contributed by atoms with E-state index < -0.39 is 17.8 Å². The summed E-state index contributed by atoms with van der Waals surface area (Å²) in [5.74, 6) is 0. The zero-order valence-corrected chi connectivity index (χ0v) is 12.2. The van der Waals surface area contributed by atoms with Crippen LogP contribution in [-0.4, -0.2) is 5.11 Å². The highest BCUT2D eigenvalue weighted by Gasteiger charge is 2.31. The van der Waals surface area contributed by atoms with Crippen molar-refractivity contribution in [3.8, 4) is 0 Å². The predicted octanol–water partition coefficient (Wildman–Crippen LogP) is 4.92. The van der Waals surface area contributed by atoms with Gasteiger partial charge in [-0.25, -0.2) is 0 Å². The molecular weight excluding hydrogens is 341 g/mol. The molecule has 1 atom stereocenters. The second kappa shape index (κ2) is 5.26. The van der Waals surface area contributed by atoms with Crippen molar-refractivity contribution < 1.29 is 18.3 Å². The predicted molar refractivity (Wildman–Crippen MR) is 72.3 cm³/mol. The van der Waals surface area contributed by atoms with Crippen molar-refractivity contribution in [3.63, 3.8) is 0 Å². The summed E-state index contributed by atoms with van der Waals surface area (Å²) in [6.07, 6.45) is -5.26. The van der Waals surface area contributed by atoms with Gasteiger partial charge in [0, 0.05) is 14.7 Å². The number of thiophene rings is 1. The molecule has 2 aromatic rings. The van der Waals surface area contributed by atoms with E-state index in [-0.39, 0.29) is 0 Å². The van der Waals surface area contributed by atoms with Crippen LogP contribution in [0.2, 0.25) is 0 Å². The van der Waals surface area contributed by atoms with E-state index in [1.54, 1.807) is 13.0 Å². The third-order valence-corrected chi connectivity index (χ3v) is 4.49. The van der Waals surface area contributed by atoms with E-state index in [9.17, 15) is 18.3 Å². The summed E-state index contributed by atoms with van der Waals surface area (Å²) in [5.41, 5.74) is 0.211. The molecule has 102 valence electrons. The van der Waals surface area contributed by atoms with Gasteiger partial charge in [-0.3, -0.25) is 0 Å². The zero-order chi connectivity index (χ0) is 14.2. The van der Waals surface area contributed by atoms with Crippen molar-refractivity contribution in [1.29, 1.82) is 0 Å². The van der Waals surface area contributed by atoms with Gasteiger partial charge >= 0.3 is 6.18 Å². The van der Waals surface area contributed by atoms with E-state index in [2.05, 4.69) is 15.9 Å². The number of aliphatic hydroxyl groups is 1. The summed E-state index contributed by atoms with van der Waals surface area (Å²) in [7, 11) is 0. The molecule has 1 N–H and O–H groups in total. The number of alkyl halides is 3. The monoisotopic (exact) mass is 350 g/mol. The molecule has 0 aliphatic carbocycles. The minimum absolute atomic E-state index is 0.423. The van der Waals surface area contributed by atoms with Gasteiger partial charge in [0.2, 0.25) is 0 Å². The summed E-state index contributed by atoms with van der Waals surface area (Å²) in [4.78, 5) is 0.690. The molecule has 0 saturated carbocycles. The van der Waals surface area contributed by atoms with Gasteiger partial charge in [-0.05, 0) is 52.2 Å². The molecule has 1 unspecified atom stereocenters. The van der Waals surface area contributed by atoms with E-state index in [0.717, 1.165) is 16.6 Å². The molecule has 0 spiro atoms. The largest absolute Gasteiger partial charge is 0.416 e. The third-order valence-electron chi connectivity index (χ3n) is 2.75. The quantitative estimate of drug-likeness (QED) is 0.814. The van der Waals surface area contributed by atoms with Gasteiger partial charge < -0.3 is 5.11 Å². The van der Waals surface area contributed by atoms with Gasteiger partial charge in [-0.15, -0.1) is 11.3 Å². The second-order valence-electron chi connectivity index (χ2n) is 4.14. The van der Waals surface area contributed by atoms with Crippen molar-refractivity contribution in [2.75, 3.05) is 0 Å². The molecule has 0 fully saturated rings. The third kappa shape index (κ3) is 3.19. The molecule has 0 aliphatic rings. The fraction of sp³-hybridized carbons (Fsp3) is 0.231. The summed E-state index contributed by atoms with van der Waals surface area (Å²) >= 11 is 4.63. The zero-order valence-electron chi connectivity index (χ0n) is 9.83. The molecule has 1 heterocycles. The lowest BCUT2D eigenvalue weighted by Gasteiger charge is -2.14. The van der Waals surface area contributed by atoms with Gasteiger partial charge in [0.25, 0.3) is 0 Å². The van der Waals surface area contributed by atoms with Crippen molar-refractivity contribution in [2.45, 2.75) is 19.2 Å². The molecule has 2 rings (SSSR count). The fourth-order valence-corrected chi connectivity index (χ4v) is 3.23. The van der Waals surface area contributed by atoms with Gasteiger partial charge in [-0.2, -0.15) is 13.2 Å². The van der Waals surface area contributed by atoms with Crippen LogP contribution < -0.4 is 0 Å². The van der Waals surface area contributed by atoms with Crippen molar-refractivity contribution in [2.24, 2.45) is 0 Å². The van der Waals surface area contributed by atoms with Gasteiger partial charge in [-0.1, -0.05) is 6.07 Å². The molecule has 1 aromatic heterocycles. The number of rotatable bonds is 2. The van der Waals surface area contributed by atoms with Crippen LogP contribution in [-0.2, 0) is 6.18 Å². The Hall–Kier alpha value is -0.850. The first kappa shape index (κ1) is 14.6. The lowest BCUT2D eigenvalue weighted by Crippen LogP contribution is -2.07. The summed E-state index contributed by atoms with van der Waals surface area (Å²) < 4.78 is 38.5. The van der Waals surface area contributed by atoms with Crippen molar-refractivity contribution in [3.05, 3.63) is 55.7 Å². The Morgan fingerprint density at radius 1 is 1.26 bits per heavy atom. The fourth-order valence-electron chi connectivity index (χ4n) is 1.78. The van der Waals surface area contributed by atoms with Crippen LogP contribution in [0, 0.1) is 6.92 Å². The van der Waals surface area contributed by atoms with Crippen molar-refractivity contribution >= 4 is 27.3 Å². The second-order valence-corrected chi connectivity index (χ2v) is 6.00. The number of aryl methyl sites for hydroxylation is 1. The smallest absolute Gasteiger partial charge is 0.383 e. The SMILES string of the molecule is Cc1cc(C(F)(F)F)ccc1C(O)c1cc(Br)cs1. The first-order valence-corrected chi connectivity index (χ1v) is 7.06. The van der Waals surface area contributed by atoms with Gasteiger partial charge in [0.15, 0.2) is 0 Å². The average molecular weight is 351 g/mol. The van der Waals surface area contributed by atoms with Crippen LogP contribution in [0.1, 0.15) is 27.7 Å². The Kier molecular flexibility index (Phi) is 4.03. The van der Waals surface area contributed by atoms with E-state index in [4.69, 9.17) is 0 Å². The maximum atomic E-state index is 12.6. The van der Waals surface area contributed by atoms with E-state index in [0.29, 0.717) is 16.0 Å². The molecule has 6 heteroatoms. The first-order chi connectivity index (χ1) is 8.79. The van der Waals surface area contributed by atoms with Crippen LogP contribution in [0.4, 0.5) is 13.2 Å². The molecule has 1 aromatic carbocycles. The molecule has 0 aliphatic heterocycles. The highest BCUT2D eigenvalue weighted by molar-refractivity contribution is 9.10. The molecular formula is C13H10BrF3OS. The summed E-state index contributed by atoms with van der Waals surface area (Å²) in [5, 5.41) is 12.0. The maximum absolute atomic E-state index is 12.6. The number of aliphatic hydroxyl groups excluding tert-OH is 1. The van der Waals surface area contributed by atoms with Crippen LogP contribution in [0.5, 0.6) is 0 Å². The highest BCUT2D eigenvalue weighted by atomic mass is 79.9. The van der Waals surface area contributed by atoms with Crippen LogP contribution >= 0.6 is 27.3 Å².